The van der Waals surface area contributed by atoms with E-state index in [2.05, 4.69) is 4.72 Å². The first-order chi connectivity index (χ1) is 6.73. The van der Waals surface area contributed by atoms with Crippen LogP contribution in [0.3, 0.4) is 0 Å². The Balaban J connectivity index is 4.10. The van der Waals surface area contributed by atoms with Crippen LogP contribution in [0.15, 0.2) is 0 Å². The molecule has 8 heteroatoms. The van der Waals surface area contributed by atoms with E-state index in [1.165, 1.54) is 6.26 Å². The van der Waals surface area contributed by atoms with Gasteiger partial charge in [0.15, 0.2) is 5.75 Å². The van der Waals surface area contributed by atoms with Crippen LogP contribution < -0.4 is 4.72 Å². The van der Waals surface area contributed by atoms with Gasteiger partial charge in [-0.1, -0.05) is 0 Å². The average Bonchev–Trinajstić information content (AvgIpc) is 1.96. The van der Waals surface area contributed by atoms with E-state index in [1.807, 2.05) is 0 Å². The van der Waals surface area contributed by atoms with Gasteiger partial charge in [-0.25, -0.2) is 13.1 Å². The summed E-state index contributed by atoms with van der Waals surface area (Å²) < 4.78 is 35.2. The number of nitrogens with one attached hydrogen (secondary N) is 1. The second kappa shape index (κ2) is 6.19. The van der Waals surface area contributed by atoms with E-state index in [1.54, 1.807) is 6.92 Å². The van der Waals surface area contributed by atoms with Gasteiger partial charge < -0.3 is 5.11 Å². The Morgan fingerprint density at radius 3 is 2.47 bits per heavy atom. The fourth-order valence-electron chi connectivity index (χ4n) is 0.912. The minimum absolute atomic E-state index is 0.386. The normalized spacial score (nSPS) is 15.9. The largest absolute Gasteiger partial charge is 0.480 e. The molecule has 15 heavy (non-hydrogen) atoms. The molecule has 0 aromatic heterocycles. The van der Waals surface area contributed by atoms with Crippen LogP contribution in [0.5, 0.6) is 0 Å². The van der Waals surface area contributed by atoms with Gasteiger partial charge in [-0.3, -0.25) is 9.00 Å². The van der Waals surface area contributed by atoms with Crippen LogP contribution in [-0.4, -0.2) is 47.5 Å². The van der Waals surface area contributed by atoms with Crippen LogP contribution in [0.4, 0.5) is 0 Å². The quantitative estimate of drug-likeness (QED) is 0.618. The molecule has 0 fully saturated rings. The Bertz CT molecular complexity index is 337. The van der Waals surface area contributed by atoms with Gasteiger partial charge in [0.05, 0.1) is 0 Å². The van der Waals surface area contributed by atoms with E-state index >= 15 is 0 Å². The van der Waals surface area contributed by atoms with Crippen molar-refractivity contribution in [3.63, 3.8) is 0 Å². The fourth-order valence-corrected chi connectivity index (χ4v) is 2.74. The molecule has 0 saturated carbocycles. The van der Waals surface area contributed by atoms with E-state index in [0.717, 1.165) is 0 Å². The molecule has 0 aliphatic carbocycles. The third kappa shape index (κ3) is 8.52. The molecule has 6 nitrogen and oxygen atoms in total. The van der Waals surface area contributed by atoms with Gasteiger partial charge in [-0.05, 0) is 13.3 Å². The first kappa shape index (κ1) is 14.5. The van der Waals surface area contributed by atoms with E-state index in [4.69, 9.17) is 5.11 Å². The van der Waals surface area contributed by atoms with Gasteiger partial charge in [-0.15, -0.1) is 0 Å². The Morgan fingerprint density at radius 1 is 1.53 bits per heavy atom. The van der Waals surface area contributed by atoms with Crippen LogP contribution in [0.2, 0.25) is 0 Å². The summed E-state index contributed by atoms with van der Waals surface area (Å²) in [6.07, 6.45) is 1.94. The highest BCUT2D eigenvalue weighted by atomic mass is 32.2. The standard InChI is InChI=1S/C7H15NO5S2/c1-6(3-4-14(2)11)8-15(12,13)5-7(9)10/h6,8H,3-5H2,1-2H3,(H,9,10). The van der Waals surface area contributed by atoms with Gasteiger partial charge >= 0.3 is 5.97 Å². The predicted molar refractivity (Wildman–Crippen MR) is 57.6 cm³/mol. The van der Waals surface area contributed by atoms with Crippen molar-refractivity contribution in [1.29, 1.82) is 0 Å². The molecule has 2 atom stereocenters. The Labute approximate surface area is 91.6 Å². The Hall–Kier alpha value is -0.470. The van der Waals surface area contributed by atoms with E-state index in [9.17, 15) is 17.4 Å². The molecule has 0 spiro atoms. The molecule has 0 amide bonds. The van der Waals surface area contributed by atoms with Crippen molar-refractivity contribution in [1.82, 2.24) is 4.72 Å². The van der Waals surface area contributed by atoms with Gasteiger partial charge in [0.25, 0.3) is 0 Å². The minimum Gasteiger partial charge on any atom is -0.480 e. The van der Waals surface area contributed by atoms with Gasteiger partial charge in [-0.2, -0.15) is 0 Å². The van der Waals surface area contributed by atoms with Gasteiger partial charge in [0.1, 0.15) is 0 Å². The zero-order chi connectivity index (χ0) is 12.1. The summed E-state index contributed by atoms with van der Waals surface area (Å²) >= 11 is 0. The molecule has 90 valence electrons. The zero-order valence-corrected chi connectivity index (χ0v) is 10.2. The highest BCUT2D eigenvalue weighted by Crippen LogP contribution is 1.96. The van der Waals surface area contributed by atoms with Crippen molar-refractivity contribution in [2.75, 3.05) is 17.8 Å². The second-order valence-corrected chi connectivity index (χ2v) is 6.55. The van der Waals surface area contributed by atoms with Gasteiger partial charge in [0.2, 0.25) is 10.0 Å². The Morgan fingerprint density at radius 2 is 2.07 bits per heavy atom. The third-order valence-corrected chi connectivity index (χ3v) is 3.73. The summed E-state index contributed by atoms with van der Waals surface area (Å²) in [5.41, 5.74) is 0. The van der Waals surface area contributed by atoms with Crippen molar-refractivity contribution < 1.29 is 22.5 Å². The maximum Gasteiger partial charge on any atom is 0.320 e. The number of carboxylic acid groups (broad SMARTS) is 1. The monoisotopic (exact) mass is 257 g/mol. The number of hydrogen-bond acceptors (Lipinski definition) is 4. The first-order valence-corrected chi connectivity index (χ1v) is 7.62. The third-order valence-electron chi connectivity index (χ3n) is 1.53. The highest BCUT2D eigenvalue weighted by Gasteiger charge is 2.18. The molecule has 2 unspecified atom stereocenters. The summed E-state index contributed by atoms with van der Waals surface area (Å²) in [7, 11) is -4.75. The summed E-state index contributed by atoms with van der Waals surface area (Å²) in [5.74, 6) is -1.95. The van der Waals surface area contributed by atoms with Gasteiger partial charge in [0, 0.05) is 28.9 Å². The van der Waals surface area contributed by atoms with E-state index in [0.29, 0.717) is 12.2 Å². The number of sulfonamides is 1. The maximum atomic E-state index is 11.1. The number of rotatable bonds is 7. The molecule has 0 aromatic carbocycles. The summed E-state index contributed by atoms with van der Waals surface area (Å²) in [6, 6.07) is -0.404. The fraction of sp³-hybridized carbons (Fsp3) is 0.857. The second-order valence-electron chi connectivity index (χ2n) is 3.24. The van der Waals surface area contributed by atoms with E-state index in [-0.39, 0.29) is 0 Å². The number of carbonyl (C=O) groups is 1. The first-order valence-electron chi connectivity index (χ1n) is 4.25. The lowest BCUT2D eigenvalue weighted by molar-refractivity contribution is -0.134. The molecule has 0 aromatic rings. The highest BCUT2D eigenvalue weighted by molar-refractivity contribution is 7.90. The molecule has 0 bridgehead atoms. The summed E-state index contributed by atoms with van der Waals surface area (Å²) in [4.78, 5) is 10.2. The van der Waals surface area contributed by atoms with Crippen molar-refractivity contribution in [2.45, 2.75) is 19.4 Å². The molecule has 0 heterocycles. The molecule has 0 radical (unpaired) electrons. The predicted octanol–water partition coefficient (Wildman–Crippen LogP) is -0.852. The number of hydrogen-bond donors (Lipinski definition) is 2. The summed E-state index contributed by atoms with van der Waals surface area (Å²) in [5, 5.41) is 8.31. The number of aliphatic carboxylic acids is 1. The lowest BCUT2D eigenvalue weighted by Crippen LogP contribution is -2.37. The van der Waals surface area contributed by atoms with Crippen molar-refractivity contribution in [3.8, 4) is 0 Å². The topological polar surface area (TPSA) is 101 Å². The lowest BCUT2D eigenvalue weighted by atomic mass is 10.3. The molecule has 0 aliphatic heterocycles. The zero-order valence-electron chi connectivity index (χ0n) is 8.60. The van der Waals surface area contributed by atoms with Crippen molar-refractivity contribution in [2.24, 2.45) is 0 Å². The van der Waals surface area contributed by atoms with Crippen molar-refractivity contribution in [3.05, 3.63) is 0 Å². The number of carboxylic acids is 1. The molecule has 2 N–H and O–H groups in total. The smallest absolute Gasteiger partial charge is 0.320 e. The minimum atomic E-state index is -3.78. The SMILES string of the molecule is CC(CCS(C)=O)NS(=O)(=O)CC(=O)O. The molecular formula is C7H15NO5S2. The average molecular weight is 257 g/mol. The summed E-state index contributed by atoms with van der Waals surface area (Å²) in [6.45, 7) is 1.60. The van der Waals surface area contributed by atoms with Crippen LogP contribution in [0.25, 0.3) is 0 Å². The Kier molecular flexibility index (Phi) is 5.99. The maximum absolute atomic E-state index is 11.1. The molecule has 0 aliphatic rings. The molecular weight excluding hydrogens is 242 g/mol. The lowest BCUT2D eigenvalue weighted by Gasteiger charge is -2.11. The van der Waals surface area contributed by atoms with Crippen LogP contribution in [0, 0.1) is 0 Å². The molecule has 0 saturated heterocycles. The van der Waals surface area contributed by atoms with E-state index < -0.39 is 38.6 Å². The van der Waals surface area contributed by atoms with Crippen LogP contribution >= 0.6 is 0 Å². The van der Waals surface area contributed by atoms with Crippen molar-refractivity contribution >= 4 is 26.8 Å². The van der Waals surface area contributed by atoms with Crippen LogP contribution in [0.1, 0.15) is 13.3 Å². The molecule has 0 rings (SSSR count). The van der Waals surface area contributed by atoms with Crippen LogP contribution in [-0.2, 0) is 25.6 Å².